The third-order valence-electron chi connectivity index (χ3n) is 5.63. The minimum absolute atomic E-state index is 0.298. The van der Waals surface area contributed by atoms with Gasteiger partial charge in [0.2, 0.25) is 5.91 Å². The average Bonchev–Trinajstić information content (AvgIpc) is 3.20. The Labute approximate surface area is 197 Å². The van der Waals surface area contributed by atoms with Crippen LogP contribution in [0, 0.1) is 11.3 Å². The molecule has 8 nitrogen and oxygen atoms in total. The molecule has 0 radical (unpaired) electrons. The van der Waals surface area contributed by atoms with Crippen molar-refractivity contribution in [3.05, 3.63) is 58.0 Å². The van der Waals surface area contributed by atoms with Crippen LogP contribution in [0.3, 0.4) is 0 Å². The number of hydrogen-bond donors (Lipinski definition) is 1. The summed E-state index contributed by atoms with van der Waals surface area (Å²) in [5.74, 6) is -0.298. The van der Waals surface area contributed by atoms with Crippen LogP contribution < -0.4 is 5.32 Å². The molecule has 172 valence electrons. The summed E-state index contributed by atoms with van der Waals surface area (Å²) in [6.45, 7) is 5.02. The summed E-state index contributed by atoms with van der Waals surface area (Å²) in [7, 11) is 0. The average molecular weight is 467 g/mol. The normalized spacial score (nSPS) is 16.3. The molecule has 2 amide bonds. The van der Waals surface area contributed by atoms with Gasteiger partial charge in [0, 0.05) is 37.1 Å². The molecule has 1 N–H and O–H groups in total. The molecule has 33 heavy (non-hydrogen) atoms. The van der Waals surface area contributed by atoms with Crippen LogP contribution in [0.2, 0.25) is 0 Å². The smallest absolute Gasteiger partial charge is 0.410 e. The highest BCUT2D eigenvalue weighted by atomic mass is 32.1. The van der Waals surface area contributed by atoms with E-state index in [1.54, 1.807) is 11.0 Å². The maximum Gasteiger partial charge on any atom is 0.410 e. The zero-order chi connectivity index (χ0) is 23.0. The van der Waals surface area contributed by atoms with Crippen LogP contribution in [0.5, 0.6) is 0 Å². The Morgan fingerprint density at radius 1 is 1.21 bits per heavy atom. The second kappa shape index (κ2) is 11.1. The topological polar surface area (TPSA) is 94.9 Å². The first-order valence-corrected chi connectivity index (χ1v) is 11.8. The monoisotopic (exact) mass is 466 g/mol. The largest absolute Gasteiger partial charge is 0.448 e. The van der Waals surface area contributed by atoms with E-state index in [1.807, 2.05) is 30.3 Å². The Morgan fingerprint density at radius 2 is 2.00 bits per heavy atom. The van der Waals surface area contributed by atoms with Gasteiger partial charge in [-0.2, -0.15) is 5.26 Å². The number of rotatable bonds is 6. The number of amides is 2. The molecule has 1 saturated heterocycles. The standard InChI is InChI=1S/C24H26N4O4S/c25-16-20-19-8-9-28(24(30)32-15-12-27-10-13-31-14-11-27)17-21(19)33-23(20)26-22(29)7-6-18-4-2-1-3-5-18/h1-7H,8-15,17H2,(H,26,29)/b7-6+. The van der Waals surface area contributed by atoms with Crippen molar-refractivity contribution in [3.63, 3.8) is 0 Å². The summed E-state index contributed by atoms with van der Waals surface area (Å²) >= 11 is 1.34. The summed E-state index contributed by atoms with van der Waals surface area (Å²) in [4.78, 5) is 29.7. The molecular weight excluding hydrogens is 440 g/mol. The molecule has 1 aromatic heterocycles. The van der Waals surface area contributed by atoms with E-state index in [9.17, 15) is 14.9 Å². The van der Waals surface area contributed by atoms with Crippen molar-refractivity contribution < 1.29 is 19.1 Å². The fourth-order valence-electron chi connectivity index (χ4n) is 3.83. The van der Waals surface area contributed by atoms with Crippen molar-refractivity contribution in [1.29, 1.82) is 5.26 Å². The van der Waals surface area contributed by atoms with Crippen molar-refractivity contribution in [3.8, 4) is 6.07 Å². The molecular formula is C24H26N4O4S. The number of nitriles is 1. The zero-order valence-corrected chi connectivity index (χ0v) is 19.1. The van der Waals surface area contributed by atoms with Gasteiger partial charge in [-0.3, -0.25) is 9.69 Å². The fraction of sp³-hybridized carbons (Fsp3) is 0.375. The lowest BCUT2D eigenvalue weighted by Gasteiger charge is -2.28. The fourth-order valence-corrected chi connectivity index (χ4v) is 5.05. The van der Waals surface area contributed by atoms with Gasteiger partial charge in [0.05, 0.1) is 25.3 Å². The first-order chi connectivity index (χ1) is 16.1. The lowest BCUT2D eigenvalue weighted by Crippen LogP contribution is -2.40. The van der Waals surface area contributed by atoms with E-state index in [1.165, 1.54) is 17.4 Å². The predicted molar refractivity (Wildman–Crippen MR) is 126 cm³/mol. The third-order valence-corrected chi connectivity index (χ3v) is 6.76. The quantitative estimate of drug-likeness (QED) is 0.658. The summed E-state index contributed by atoms with van der Waals surface area (Å²) in [6, 6.07) is 11.7. The Hall–Kier alpha value is -3.19. The van der Waals surface area contributed by atoms with Gasteiger partial charge in [0.25, 0.3) is 0 Å². The highest BCUT2D eigenvalue weighted by Gasteiger charge is 2.28. The molecule has 9 heteroatoms. The number of carbonyl (C=O) groups is 2. The molecule has 2 aliphatic heterocycles. The van der Waals surface area contributed by atoms with Crippen molar-refractivity contribution in [2.45, 2.75) is 13.0 Å². The van der Waals surface area contributed by atoms with Gasteiger partial charge in [-0.05, 0) is 23.6 Å². The van der Waals surface area contributed by atoms with Crippen LogP contribution in [0.4, 0.5) is 9.80 Å². The Bertz CT molecular complexity index is 1050. The highest BCUT2D eigenvalue weighted by Crippen LogP contribution is 2.36. The Kier molecular flexibility index (Phi) is 7.73. The van der Waals surface area contributed by atoms with Crippen molar-refractivity contribution in [2.24, 2.45) is 0 Å². The zero-order valence-electron chi connectivity index (χ0n) is 18.3. The predicted octanol–water partition coefficient (Wildman–Crippen LogP) is 3.10. The third kappa shape index (κ3) is 5.99. The van der Waals surface area contributed by atoms with Crippen molar-refractivity contribution in [1.82, 2.24) is 9.80 Å². The Balaban J connectivity index is 1.34. The molecule has 2 aliphatic rings. The molecule has 0 aliphatic carbocycles. The summed E-state index contributed by atoms with van der Waals surface area (Å²) < 4.78 is 10.8. The first-order valence-electron chi connectivity index (χ1n) is 10.9. The molecule has 0 saturated carbocycles. The van der Waals surface area contributed by atoms with E-state index in [0.717, 1.165) is 29.1 Å². The van der Waals surface area contributed by atoms with E-state index >= 15 is 0 Å². The van der Waals surface area contributed by atoms with E-state index in [4.69, 9.17) is 9.47 Å². The summed E-state index contributed by atoms with van der Waals surface area (Å²) in [6.07, 6.45) is 3.39. The molecule has 4 rings (SSSR count). The molecule has 0 spiro atoms. The number of ether oxygens (including phenoxy) is 2. The molecule has 3 heterocycles. The molecule has 0 bridgehead atoms. The molecule has 0 unspecified atom stereocenters. The number of thiophene rings is 1. The van der Waals surface area contributed by atoms with Crippen LogP contribution >= 0.6 is 11.3 Å². The highest BCUT2D eigenvalue weighted by molar-refractivity contribution is 7.16. The van der Waals surface area contributed by atoms with E-state index in [2.05, 4.69) is 16.3 Å². The van der Waals surface area contributed by atoms with Gasteiger partial charge in [0.15, 0.2) is 0 Å². The van der Waals surface area contributed by atoms with Gasteiger partial charge < -0.3 is 19.7 Å². The molecule has 2 aromatic rings. The van der Waals surface area contributed by atoms with E-state index < -0.39 is 0 Å². The first kappa shape index (κ1) is 23.0. The van der Waals surface area contributed by atoms with Crippen LogP contribution in [-0.2, 0) is 27.2 Å². The SMILES string of the molecule is N#Cc1c(NC(=O)/C=C/c2ccccc2)sc2c1CCN(C(=O)OCCN1CCOCC1)C2. The minimum atomic E-state index is -0.350. The second-order valence-electron chi connectivity index (χ2n) is 7.79. The molecule has 0 atom stereocenters. The van der Waals surface area contributed by atoms with Gasteiger partial charge >= 0.3 is 6.09 Å². The van der Waals surface area contributed by atoms with Gasteiger partial charge in [-0.1, -0.05) is 30.3 Å². The van der Waals surface area contributed by atoms with Gasteiger partial charge in [-0.25, -0.2) is 4.79 Å². The van der Waals surface area contributed by atoms with Crippen molar-refractivity contribution >= 4 is 34.4 Å². The number of carbonyl (C=O) groups excluding carboxylic acids is 2. The van der Waals surface area contributed by atoms with Gasteiger partial charge in [0.1, 0.15) is 17.7 Å². The van der Waals surface area contributed by atoms with E-state index in [0.29, 0.717) is 56.4 Å². The minimum Gasteiger partial charge on any atom is -0.448 e. The lowest BCUT2D eigenvalue weighted by atomic mass is 10.0. The summed E-state index contributed by atoms with van der Waals surface area (Å²) in [5.41, 5.74) is 2.31. The maximum atomic E-state index is 12.5. The van der Waals surface area contributed by atoms with Crippen LogP contribution in [0.1, 0.15) is 21.6 Å². The Morgan fingerprint density at radius 3 is 2.76 bits per heavy atom. The number of anilines is 1. The molecule has 1 fully saturated rings. The number of hydrogen-bond acceptors (Lipinski definition) is 7. The van der Waals surface area contributed by atoms with Crippen LogP contribution in [-0.4, -0.2) is 67.8 Å². The number of nitrogens with one attached hydrogen (secondary N) is 1. The lowest BCUT2D eigenvalue weighted by molar-refractivity contribution is -0.111. The van der Waals surface area contributed by atoms with Crippen LogP contribution in [0.15, 0.2) is 36.4 Å². The van der Waals surface area contributed by atoms with E-state index in [-0.39, 0.29) is 12.0 Å². The maximum absolute atomic E-state index is 12.5. The van der Waals surface area contributed by atoms with Crippen LogP contribution in [0.25, 0.3) is 6.08 Å². The number of benzene rings is 1. The summed E-state index contributed by atoms with van der Waals surface area (Å²) in [5, 5.41) is 13.0. The second-order valence-corrected chi connectivity index (χ2v) is 8.90. The number of nitrogens with zero attached hydrogens (tertiary/aromatic N) is 3. The molecule has 1 aromatic carbocycles. The number of fused-ring (bicyclic) bond motifs is 1. The van der Waals surface area contributed by atoms with Gasteiger partial charge in [-0.15, -0.1) is 11.3 Å². The number of morpholine rings is 1. The van der Waals surface area contributed by atoms with Crippen molar-refractivity contribution in [2.75, 3.05) is 51.3 Å².